The van der Waals surface area contributed by atoms with Crippen molar-refractivity contribution in [2.75, 3.05) is 23.6 Å². The molecule has 13 nitrogen and oxygen atoms in total. The first-order chi connectivity index (χ1) is 25.6. The number of rotatable bonds is 13. The van der Waals surface area contributed by atoms with Crippen molar-refractivity contribution in [2.45, 2.75) is 111 Å². The molecule has 0 saturated heterocycles. The second-order valence-electron chi connectivity index (χ2n) is 17.5. The van der Waals surface area contributed by atoms with E-state index in [0.29, 0.717) is 34.6 Å². The Labute approximate surface area is 324 Å². The number of fused-ring (bicyclic) bond motifs is 1. The summed E-state index contributed by atoms with van der Waals surface area (Å²) in [5, 5.41) is 27.8. The van der Waals surface area contributed by atoms with Crippen molar-refractivity contribution in [2.24, 2.45) is 17.1 Å². The number of nitrogens with one attached hydrogen (secondary N) is 2. The van der Waals surface area contributed by atoms with Crippen LogP contribution in [0.15, 0.2) is 42.4 Å². The average Bonchev–Trinajstić information content (AvgIpc) is 3.02. The summed E-state index contributed by atoms with van der Waals surface area (Å²) in [5.74, 6) is -0.0109. The molecule has 4 N–H and O–H groups in total. The van der Waals surface area contributed by atoms with E-state index in [1.807, 2.05) is 62.3 Å². The summed E-state index contributed by atoms with van der Waals surface area (Å²) in [6.45, 7) is 18.8. The summed E-state index contributed by atoms with van der Waals surface area (Å²) in [5.41, 5.74) is 7.69. The Morgan fingerprint density at radius 1 is 1.07 bits per heavy atom. The monoisotopic (exact) mass is 774 g/mol. The van der Waals surface area contributed by atoms with Gasteiger partial charge in [-0.2, -0.15) is 14.9 Å². The molecule has 2 heterocycles. The summed E-state index contributed by atoms with van der Waals surface area (Å²) in [7, 11) is -1.97. The molecule has 1 amide bonds. The van der Waals surface area contributed by atoms with Crippen molar-refractivity contribution in [1.29, 1.82) is 10.5 Å². The highest BCUT2D eigenvalue weighted by molar-refractivity contribution is 7.41. The molecule has 3 saturated carbocycles. The maximum atomic E-state index is 14.7. The first-order valence-corrected chi connectivity index (χ1v) is 19.3. The number of ether oxygens (including phenoxy) is 1. The van der Waals surface area contributed by atoms with E-state index in [-0.39, 0.29) is 39.2 Å². The van der Waals surface area contributed by atoms with E-state index in [1.165, 1.54) is 29.3 Å². The Balaban J connectivity index is 1.66. The van der Waals surface area contributed by atoms with Gasteiger partial charge in [0.15, 0.2) is 0 Å². The molecular formula is C40H52FN8O5P. The fourth-order valence-electron chi connectivity index (χ4n) is 6.48. The number of nitrogens with zero attached hydrogens (tertiary/aromatic N) is 5. The van der Waals surface area contributed by atoms with E-state index in [9.17, 15) is 19.7 Å². The zero-order valence-corrected chi connectivity index (χ0v) is 34.2. The lowest BCUT2D eigenvalue weighted by molar-refractivity contribution is -0.0401. The van der Waals surface area contributed by atoms with Gasteiger partial charge in [-0.15, -0.1) is 0 Å². The fraction of sp³-hybridized carbons (Fsp3) is 0.525. The first-order valence-electron chi connectivity index (χ1n) is 18.3. The maximum Gasteiger partial charge on any atom is 0.417 e. The Bertz CT molecular complexity index is 2010. The molecule has 55 heavy (non-hydrogen) atoms. The highest BCUT2D eigenvalue weighted by atomic mass is 31.2. The third-order valence-electron chi connectivity index (χ3n) is 9.05. The molecule has 0 radical (unpaired) electrons. The van der Waals surface area contributed by atoms with Crippen LogP contribution in [0.2, 0.25) is 0 Å². The van der Waals surface area contributed by atoms with Gasteiger partial charge in [-0.25, -0.2) is 9.78 Å². The third-order valence-corrected chi connectivity index (χ3v) is 10.8. The second kappa shape index (κ2) is 15.9. The molecule has 0 unspecified atom stereocenters. The van der Waals surface area contributed by atoms with Gasteiger partial charge >= 0.3 is 14.7 Å². The van der Waals surface area contributed by atoms with Crippen molar-refractivity contribution < 1.29 is 27.5 Å². The van der Waals surface area contributed by atoms with Crippen LogP contribution >= 0.6 is 8.60 Å². The molecule has 3 aliphatic rings. The normalized spacial score (nSPS) is 18.8. The van der Waals surface area contributed by atoms with Gasteiger partial charge in [-0.05, 0) is 97.3 Å². The number of anilines is 2. The third kappa shape index (κ3) is 10.2. The molecule has 6 rings (SSSR count). The molecule has 294 valence electrons. The van der Waals surface area contributed by atoms with Gasteiger partial charge in [-0.1, -0.05) is 26.8 Å². The van der Waals surface area contributed by atoms with Crippen molar-refractivity contribution in [3.05, 3.63) is 70.7 Å². The van der Waals surface area contributed by atoms with Crippen LogP contribution in [0.4, 0.5) is 20.6 Å². The predicted octanol–water partition coefficient (Wildman–Crippen LogP) is 8.74. The lowest BCUT2D eigenvalue weighted by Gasteiger charge is -2.62. The van der Waals surface area contributed by atoms with Crippen LogP contribution in [0, 0.1) is 46.9 Å². The Kier molecular flexibility index (Phi) is 12.0. The molecule has 1 aromatic carbocycles. The Morgan fingerprint density at radius 2 is 1.71 bits per heavy atom. The topological polar surface area (TPSA) is 181 Å². The van der Waals surface area contributed by atoms with Gasteiger partial charge in [0, 0.05) is 41.1 Å². The van der Waals surface area contributed by atoms with Gasteiger partial charge in [0.2, 0.25) is 12.7 Å². The minimum absolute atomic E-state index is 0.0592. The minimum atomic E-state index is -1.97. The molecule has 2 aromatic heterocycles. The number of nitrogens with two attached hydrogens (primary N) is 1. The van der Waals surface area contributed by atoms with Crippen LogP contribution in [0.3, 0.4) is 0 Å². The van der Waals surface area contributed by atoms with Crippen molar-refractivity contribution in [3.63, 3.8) is 0 Å². The van der Waals surface area contributed by atoms with E-state index in [0.717, 1.165) is 19.3 Å². The zero-order chi connectivity index (χ0) is 40.5. The molecule has 1 atom stereocenters. The zero-order valence-electron chi connectivity index (χ0n) is 33.3. The molecule has 0 aliphatic heterocycles. The van der Waals surface area contributed by atoms with Crippen molar-refractivity contribution in [1.82, 2.24) is 15.3 Å². The van der Waals surface area contributed by atoms with E-state index >= 15 is 0 Å². The first kappa shape index (κ1) is 41.6. The van der Waals surface area contributed by atoms with E-state index in [1.54, 1.807) is 19.2 Å². The lowest BCUT2D eigenvalue weighted by atomic mass is 9.50. The number of benzene rings is 1. The summed E-state index contributed by atoms with van der Waals surface area (Å²) in [6, 6.07) is 9.18. The predicted molar refractivity (Wildman–Crippen MR) is 210 cm³/mol. The minimum Gasteiger partial charge on any atom is -0.421 e. The molecule has 0 spiro atoms. The van der Waals surface area contributed by atoms with Crippen LogP contribution in [0.1, 0.15) is 110 Å². The number of aryl methyl sites for hydroxylation is 1. The van der Waals surface area contributed by atoms with Gasteiger partial charge in [0.1, 0.15) is 18.2 Å². The van der Waals surface area contributed by atoms with Gasteiger partial charge in [0.05, 0.1) is 44.9 Å². The maximum absolute atomic E-state index is 14.7. The van der Waals surface area contributed by atoms with Crippen LogP contribution in [0.5, 0.6) is 0 Å². The van der Waals surface area contributed by atoms with Gasteiger partial charge in [-0.3, -0.25) is 14.4 Å². The number of hydrogen-bond acceptors (Lipinski definition) is 12. The average molecular weight is 775 g/mol. The highest BCUT2D eigenvalue weighted by Crippen LogP contribution is 2.57. The molecular weight excluding hydrogens is 722 g/mol. The largest absolute Gasteiger partial charge is 0.421 e. The number of carbonyl (C=O) groups is 1. The lowest BCUT2D eigenvalue weighted by Crippen LogP contribution is -2.65. The smallest absolute Gasteiger partial charge is 0.417 e. The molecule has 3 aromatic rings. The summed E-state index contributed by atoms with van der Waals surface area (Å²) < 4.78 is 38.3. The van der Waals surface area contributed by atoms with Crippen LogP contribution in [-0.2, 0) is 18.3 Å². The van der Waals surface area contributed by atoms with Gasteiger partial charge in [0.25, 0.3) is 0 Å². The number of pyridine rings is 2. The molecule has 3 fully saturated rings. The second-order valence-corrected chi connectivity index (χ2v) is 18.6. The Hall–Kier alpha value is -4.59. The quantitative estimate of drug-likeness (QED) is 0.0855. The van der Waals surface area contributed by atoms with Crippen LogP contribution in [0.25, 0.3) is 10.9 Å². The Morgan fingerprint density at radius 3 is 2.24 bits per heavy atom. The van der Waals surface area contributed by atoms with Crippen LogP contribution in [-0.4, -0.2) is 46.1 Å². The summed E-state index contributed by atoms with van der Waals surface area (Å²) in [4.78, 5) is 24.5. The summed E-state index contributed by atoms with van der Waals surface area (Å²) in [6.07, 6.45) is 5.26. The number of halogens is 1. The fourth-order valence-corrected chi connectivity index (χ4v) is 7.65. The molecule has 2 bridgehead atoms. The summed E-state index contributed by atoms with van der Waals surface area (Å²) >= 11 is 0. The van der Waals surface area contributed by atoms with Crippen LogP contribution < -0.4 is 21.3 Å². The molecule has 3 aliphatic carbocycles. The van der Waals surface area contributed by atoms with E-state index in [2.05, 4.69) is 32.7 Å². The number of nitriles is 2. The molecule has 15 heteroatoms. The van der Waals surface area contributed by atoms with E-state index in [4.69, 9.17) is 24.0 Å². The number of aromatic nitrogens is 2. The highest BCUT2D eigenvalue weighted by Gasteiger charge is 2.56. The SMILES string of the molecule is Cc1nc(F)ccc1[C@@H](/C(N)=C/NC12CC(C1)C2)N(C(=O)OCOP(OC(C)(C)C)OC(C)(C)C)c1cc(C#N)c2ncc(C#N)c(NCC(C)(C)C)c2c1. The van der Waals surface area contributed by atoms with Gasteiger partial charge < -0.3 is 30.2 Å². The van der Waals surface area contributed by atoms with Crippen molar-refractivity contribution in [3.8, 4) is 12.1 Å². The van der Waals surface area contributed by atoms with E-state index < -0.39 is 44.7 Å². The number of hydrogen-bond donors (Lipinski definition) is 3. The standard InChI is InChI=1S/C40H52FN8O5P/c1-24-29(11-12-32(41)48-24)35(31(44)21-47-40-15-25(16-40)17-40)49(36(50)51-23-52-55(53-38(5,6)7)54-39(8,9)10)28-13-26(18-42)33-30(14-28)34(27(19-43)20-45-33)46-22-37(2,3)4/h11-14,20-21,25,35,47H,15-17,22-23,44H2,1-10H3,(H,45,46)/b31-21-/t25?,35-,40?/m0/s1. The number of carbonyl (C=O) groups excluding carboxylic acids is 1. The van der Waals surface area contributed by atoms with Crippen molar-refractivity contribution >= 4 is 37.0 Å². The number of amides is 1.